The van der Waals surface area contributed by atoms with E-state index in [9.17, 15) is 19.2 Å². The lowest BCUT2D eigenvalue weighted by atomic mass is 9.93. The van der Waals surface area contributed by atoms with Crippen molar-refractivity contribution in [3.8, 4) is 0 Å². The summed E-state index contributed by atoms with van der Waals surface area (Å²) < 4.78 is 5.40. The molecule has 3 aromatic carbocycles. The first kappa shape index (κ1) is 32.8. The normalized spacial score (nSPS) is 13.0. The van der Waals surface area contributed by atoms with Crippen molar-refractivity contribution in [2.75, 3.05) is 5.32 Å². The molecule has 0 radical (unpaired) electrons. The SMILES string of the molecule is C=Cc1cccc(C(C(=O)Nc2ccc3ccccc3c2)N(C(=O)C(CCC(N)=O)NC(=O)OC(C)(C)C)C(C)(C)C)c1. The lowest BCUT2D eigenvalue weighted by molar-refractivity contribution is -0.147. The number of nitrogens with zero attached hydrogens (tertiary/aromatic N) is 1. The Hall–Kier alpha value is -4.66. The van der Waals surface area contributed by atoms with Gasteiger partial charge in [-0.15, -0.1) is 0 Å². The lowest BCUT2D eigenvalue weighted by Gasteiger charge is -2.43. The number of ether oxygens (including phenoxy) is 1. The van der Waals surface area contributed by atoms with Gasteiger partial charge in [0, 0.05) is 17.6 Å². The number of nitrogens with two attached hydrogens (primary N) is 1. The van der Waals surface area contributed by atoms with Crippen molar-refractivity contribution in [3.63, 3.8) is 0 Å². The van der Waals surface area contributed by atoms with E-state index in [0.717, 1.165) is 16.3 Å². The van der Waals surface area contributed by atoms with Crippen LogP contribution in [0.2, 0.25) is 0 Å². The number of nitrogens with one attached hydrogen (secondary N) is 2. The molecule has 0 heterocycles. The summed E-state index contributed by atoms with van der Waals surface area (Å²) in [6, 6.07) is 18.3. The number of amides is 4. The highest BCUT2D eigenvalue weighted by atomic mass is 16.6. The maximum absolute atomic E-state index is 14.4. The second-order valence-electron chi connectivity index (χ2n) is 12.4. The maximum Gasteiger partial charge on any atom is 0.408 e. The first-order chi connectivity index (χ1) is 20.1. The van der Waals surface area contributed by atoms with Crippen LogP contribution >= 0.6 is 0 Å². The number of alkyl carbamates (subject to hydrolysis) is 1. The third kappa shape index (κ3) is 9.16. The van der Waals surface area contributed by atoms with Crippen LogP contribution in [0.3, 0.4) is 0 Å². The van der Waals surface area contributed by atoms with E-state index in [4.69, 9.17) is 10.5 Å². The second kappa shape index (κ2) is 13.5. The van der Waals surface area contributed by atoms with Gasteiger partial charge in [0.25, 0.3) is 5.91 Å². The highest BCUT2D eigenvalue weighted by Gasteiger charge is 2.42. The zero-order valence-corrected chi connectivity index (χ0v) is 25.8. The number of carbonyl (C=O) groups excluding carboxylic acids is 4. The largest absolute Gasteiger partial charge is 0.444 e. The average Bonchev–Trinajstić information content (AvgIpc) is 2.91. The summed E-state index contributed by atoms with van der Waals surface area (Å²) in [5.41, 5.74) is 5.55. The van der Waals surface area contributed by atoms with Crippen LogP contribution in [-0.2, 0) is 19.1 Å². The molecule has 2 unspecified atom stereocenters. The van der Waals surface area contributed by atoms with Gasteiger partial charge in [0.15, 0.2) is 0 Å². The molecule has 0 bridgehead atoms. The van der Waals surface area contributed by atoms with Crippen LogP contribution in [0.15, 0.2) is 73.3 Å². The Bertz CT molecular complexity index is 1500. The molecule has 0 saturated carbocycles. The van der Waals surface area contributed by atoms with Crippen LogP contribution in [0, 0.1) is 0 Å². The van der Waals surface area contributed by atoms with Gasteiger partial charge in [0.1, 0.15) is 17.7 Å². The number of primary amides is 1. The molecule has 0 aliphatic heterocycles. The number of hydrogen-bond donors (Lipinski definition) is 3. The number of anilines is 1. The minimum atomic E-state index is -1.19. The summed E-state index contributed by atoms with van der Waals surface area (Å²) in [5.74, 6) is -1.65. The molecule has 3 rings (SSSR count). The summed E-state index contributed by atoms with van der Waals surface area (Å²) in [4.78, 5) is 54.6. The third-order valence-electron chi connectivity index (χ3n) is 6.61. The summed E-state index contributed by atoms with van der Waals surface area (Å²) in [5, 5.41) is 7.57. The molecule has 0 fully saturated rings. The van der Waals surface area contributed by atoms with Gasteiger partial charge in [-0.2, -0.15) is 0 Å². The highest BCUT2D eigenvalue weighted by Crippen LogP contribution is 2.32. The Labute approximate surface area is 253 Å². The van der Waals surface area contributed by atoms with E-state index in [1.165, 1.54) is 4.90 Å². The number of hydrogen-bond acceptors (Lipinski definition) is 5. The Balaban J connectivity index is 2.10. The summed E-state index contributed by atoms with van der Waals surface area (Å²) >= 11 is 0. The molecule has 4 N–H and O–H groups in total. The molecule has 0 aliphatic carbocycles. The molecule has 0 saturated heterocycles. The van der Waals surface area contributed by atoms with Gasteiger partial charge in [-0.05, 0) is 88.1 Å². The van der Waals surface area contributed by atoms with Gasteiger partial charge in [-0.25, -0.2) is 4.79 Å². The fourth-order valence-electron chi connectivity index (χ4n) is 4.76. The van der Waals surface area contributed by atoms with Crippen molar-refractivity contribution in [2.24, 2.45) is 5.73 Å². The lowest BCUT2D eigenvalue weighted by Crippen LogP contribution is -2.58. The Morgan fingerprint density at radius 1 is 0.930 bits per heavy atom. The molecule has 0 aliphatic rings. The number of carbonyl (C=O) groups is 4. The predicted molar refractivity (Wildman–Crippen MR) is 170 cm³/mol. The Morgan fingerprint density at radius 3 is 2.21 bits per heavy atom. The van der Waals surface area contributed by atoms with E-state index in [1.54, 1.807) is 71.9 Å². The predicted octanol–water partition coefficient (Wildman–Crippen LogP) is 5.95. The van der Waals surface area contributed by atoms with Gasteiger partial charge in [0.2, 0.25) is 11.8 Å². The molecule has 9 nitrogen and oxygen atoms in total. The number of rotatable bonds is 10. The van der Waals surface area contributed by atoms with Crippen LogP contribution in [0.25, 0.3) is 16.8 Å². The summed E-state index contributed by atoms with van der Waals surface area (Å²) in [6.07, 6.45) is 0.593. The van der Waals surface area contributed by atoms with Crippen molar-refractivity contribution in [2.45, 2.75) is 77.6 Å². The van der Waals surface area contributed by atoms with Crippen molar-refractivity contribution in [3.05, 3.63) is 84.4 Å². The quantitative estimate of drug-likeness (QED) is 0.270. The standard InChI is InChI=1S/C34H42N4O5/c1-8-22-12-11-15-25(20-22)29(30(40)36-26-17-16-23-13-9-10-14-24(23)21-26)38(33(2,3)4)31(41)27(18-19-28(35)39)37-32(42)43-34(5,6)7/h8-17,20-21,27,29H,1,18-19H2,2-7H3,(H2,35,39)(H,36,40)(H,37,42). The molecule has 43 heavy (non-hydrogen) atoms. The van der Waals surface area contributed by atoms with Crippen LogP contribution in [0.4, 0.5) is 10.5 Å². The Kier molecular flexibility index (Phi) is 10.3. The molecular weight excluding hydrogens is 544 g/mol. The van der Waals surface area contributed by atoms with Crippen molar-refractivity contribution in [1.29, 1.82) is 0 Å². The van der Waals surface area contributed by atoms with Crippen molar-refractivity contribution < 1.29 is 23.9 Å². The van der Waals surface area contributed by atoms with Crippen molar-refractivity contribution >= 4 is 46.4 Å². The zero-order chi connectivity index (χ0) is 31.9. The summed E-state index contributed by atoms with van der Waals surface area (Å²) in [7, 11) is 0. The smallest absolute Gasteiger partial charge is 0.408 e. The zero-order valence-electron chi connectivity index (χ0n) is 25.8. The van der Waals surface area contributed by atoms with E-state index in [2.05, 4.69) is 17.2 Å². The summed E-state index contributed by atoms with van der Waals surface area (Å²) in [6.45, 7) is 14.4. The third-order valence-corrected chi connectivity index (χ3v) is 6.61. The monoisotopic (exact) mass is 586 g/mol. The van der Waals surface area contributed by atoms with Crippen LogP contribution < -0.4 is 16.4 Å². The average molecular weight is 587 g/mol. The first-order valence-corrected chi connectivity index (χ1v) is 14.2. The molecular formula is C34H42N4O5. The second-order valence-corrected chi connectivity index (χ2v) is 12.4. The van der Waals surface area contributed by atoms with E-state index >= 15 is 0 Å². The highest BCUT2D eigenvalue weighted by molar-refractivity contribution is 6.00. The fourth-order valence-corrected chi connectivity index (χ4v) is 4.76. The van der Waals surface area contributed by atoms with E-state index in [0.29, 0.717) is 11.3 Å². The van der Waals surface area contributed by atoms with E-state index in [-0.39, 0.29) is 12.8 Å². The van der Waals surface area contributed by atoms with Crippen LogP contribution in [-0.4, -0.2) is 45.9 Å². The van der Waals surface area contributed by atoms with Gasteiger partial charge >= 0.3 is 6.09 Å². The van der Waals surface area contributed by atoms with Crippen LogP contribution in [0.5, 0.6) is 0 Å². The van der Waals surface area contributed by atoms with Gasteiger partial charge in [-0.1, -0.05) is 61.2 Å². The van der Waals surface area contributed by atoms with Gasteiger partial charge < -0.3 is 26.0 Å². The number of fused-ring (bicyclic) bond motifs is 1. The molecule has 9 heteroatoms. The van der Waals surface area contributed by atoms with E-state index < -0.39 is 47.0 Å². The number of benzene rings is 3. The first-order valence-electron chi connectivity index (χ1n) is 14.2. The van der Waals surface area contributed by atoms with Gasteiger partial charge in [0.05, 0.1) is 0 Å². The Morgan fingerprint density at radius 2 is 1.60 bits per heavy atom. The minimum absolute atomic E-state index is 0.0777. The van der Waals surface area contributed by atoms with Crippen LogP contribution in [0.1, 0.15) is 71.6 Å². The molecule has 0 aromatic heterocycles. The molecule has 0 spiro atoms. The molecule has 4 amide bonds. The fraction of sp³-hybridized carbons (Fsp3) is 0.353. The van der Waals surface area contributed by atoms with Gasteiger partial charge in [-0.3, -0.25) is 14.4 Å². The minimum Gasteiger partial charge on any atom is -0.444 e. The van der Waals surface area contributed by atoms with Crippen molar-refractivity contribution in [1.82, 2.24) is 10.2 Å². The van der Waals surface area contributed by atoms with E-state index in [1.807, 2.05) is 42.5 Å². The molecule has 2 atom stereocenters. The molecule has 228 valence electrons. The molecule has 3 aromatic rings. The topological polar surface area (TPSA) is 131 Å². The maximum atomic E-state index is 14.4.